The number of alkyl halides is 3. The van der Waals surface area contributed by atoms with E-state index < -0.39 is 0 Å². The van der Waals surface area contributed by atoms with Gasteiger partial charge in [0.25, 0.3) is 0 Å². The van der Waals surface area contributed by atoms with Crippen molar-refractivity contribution in [3.05, 3.63) is 34.9 Å². The van der Waals surface area contributed by atoms with Gasteiger partial charge in [0.2, 0.25) is 0 Å². The molecule has 0 nitrogen and oxygen atoms in total. The van der Waals surface area contributed by atoms with Crippen LogP contribution < -0.4 is 0 Å². The Morgan fingerprint density at radius 3 is 1.67 bits per heavy atom. The smallest absolute Gasteiger partial charge is 0.0283 e. The second kappa shape index (κ2) is 5.60. The van der Waals surface area contributed by atoms with E-state index in [-0.39, 0.29) is 0 Å². The van der Waals surface area contributed by atoms with Crippen molar-refractivity contribution in [2.45, 2.75) is 15.1 Å². The molecule has 0 amide bonds. The first kappa shape index (κ1) is 11.0. The molecule has 0 saturated heterocycles. The average Bonchev–Trinajstić information content (AvgIpc) is 2.16. The van der Waals surface area contributed by atoms with Crippen molar-refractivity contribution in [2.75, 3.05) is 0 Å². The number of hydrogen-bond donors (Lipinski definition) is 0. The average molecular weight is 404 g/mol. The minimum Gasteiger partial charge on any atom is -0.0876 e. The van der Waals surface area contributed by atoms with Crippen LogP contribution in [-0.4, -0.2) is 0 Å². The summed E-state index contributed by atoms with van der Waals surface area (Å²) in [6.07, 6.45) is 0. The van der Waals surface area contributed by atoms with Crippen LogP contribution >= 0.6 is 54.5 Å². The third-order valence-electron chi connectivity index (χ3n) is 1.58. The Hall–Kier alpha value is 0.910. The molecule has 0 N–H and O–H groups in total. The summed E-state index contributed by atoms with van der Waals surface area (Å²) < 4.78 is 1.08. The topological polar surface area (TPSA) is 0 Å². The first-order chi connectivity index (χ1) is 5.80. The summed E-state index contributed by atoms with van der Waals surface area (Å²) in [6.45, 7) is 0. The van der Waals surface area contributed by atoms with Crippen LogP contribution in [0.25, 0.3) is 0 Å². The van der Waals surface area contributed by atoms with Crippen LogP contribution in [0.4, 0.5) is 0 Å². The molecule has 0 bridgehead atoms. The molecule has 0 spiro atoms. The van der Waals surface area contributed by atoms with Gasteiger partial charge in [-0.05, 0) is 16.7 Å². The molecule has 1 aromatic carbocycles. The zero-order valence-electron chi connectivity index (χ0n) is 6.49. The first-order valence-electron chi connectivity index (χ1n) is 3.59. The summed E-state index contributed by atoms with van der Waals surface area (Å²) >= 11 is 9.32. The van der Waals surface area contributed by atoms with E-state index in [9.17, 15) is 0 Å². The van der Waals surface area contributed by atoms with E-state index in [1.807, 2.05) is 0 Å². The second-order valence-electron chi connectivity index (χ2n) is 2.56. The Labute approximate surface area is 104 Å². The molecule has 66 valence electrons. The van der Waals surface area contributed by atoms with Gasteiger partial charge in [-0.3, -0.25) is 0 Å². The number of rotatable bonds is 3. The second-order valence-corrected chi connectivity index (χ2v) is 4.44. The molecule has 0 aliphatic rings. The number of benzene rings is 1. The lowest BCUT2D eigenvalue weighted by Crippen LogP contribution is -1.87. The van der Waals surface area contributed by atoms with E-state index in [0.717, 1.165) is 15.1 Å². The van der Waals surface area contributed by atoms with Crippen molar-refractivity contribution in [2.24, 2.45) is 0 Å². The SMILES string of the molecule is BrCc1cc(CBr)cc(CI)c1. The van der Waals surface area contributed by atoms with Gasteiger partial charge in [-0.25, -0.2) is 0 Å². The maximum atomic E-state index is 3.47. The highest BCUT2D eigenvalue weighted by Gasteiger charge is 1.98. The van der Waals surface area contributed by atoms with Crippen molar-refractivity contribution in [3.8, 4) is 0 Å². The minimum atomic E-state index is 0.942. The molecule has 0 aliphatic carbocycles. The first-order valence-corrected chi connectivity index (χ1v) is 7.36. The van der Waals surface area contributed by atoms with Crippen LogP contribution in [0.3, 0.4) is 0 Å². The van der Waals surface area contributed by atoms with Crippen LogP contribution in [0.1, 0.15) is 16.7 Å². The predicted molar refractivity (Wildman–Crippen MR) is 69.4 cm³/mol. The summed E-state index contributed by atoms with van der Waals surface area (Å²) in [7, 11) is 0. The van der Waals surface area contributed by atoms with Crippen molar-refractivity contribution in [1.29, 1.82) is 0 Å². The van der Waals surface area contributed by atoms with Crippen molar-refractivity contribution in [1.82, 2.24) is 0 Å². The monoisotopic (exact) mass is 402 g/mol. The summed E-state index contributed by atoms with van der Waals surface area (Å²) in [5, 5.41) is 1.88. The highest BCUT2D eigenvalue weighted by molar-refractivity contribution is 14.1. The van der Waals surface area contributed by atoms with Crippen LogP contribution in [0.15, 0.2) is 18.2 Å². The van der Waals surface area contributed by atoms with Gasteiger partial charge < -0.3 is 0 Å². The summed E-state index contributed by atoms with van der Waals surface area (Å²) in [6, 6.07) is 6.71. The van der Waals surface area contributed by atoms with Crippen LogP contribution in [-0.2, 0) is 15.1 Å². The maximum absolute atomic E-state index is 3.47. The zero-order chi connectivity index (χ0) is 8.97. The third kappa shape index (κ3) is 3.00. The fourth-order valence-corrected chi connectivity index (χ4v) is 2.16. The van der Waals surface area contributed by atoms with Crippen molar-refractivity contribution < 1.29 is 0 Å². The van der Waals surface area contributed by atoms with Gasteiger partial charge in [0, 0.05) is 15.1 Å². The molecule has 1 aromatic rings. The summed E-state index contributed by atoms with van der Waals surface area (Å²) in [5.74, 6) is 0. The Balaban J connectivity index is 3.01. The van der Waals surface area contributed by atoms with E-state index in [0.29, 0.717) is 0 Å². The van der Waals surface area contributed by atoms with Crippen LogP contribution in [0, 0.1) is 0 Å². The highest BCUT2D eigenvalue weighted by Crippen LogP contribution is 2.17. The highest BCUT2D eigenvalue weighted by atomic mass is 127. The molecular formula is C9H9Br2I. The van der Waals surface area contributed by atoms with Gasteiger partial charge in [-0.1, -0.05) is 72.6 Å². The lowest BCUT2D eigenvalue weighted by molar-refractivity contribution is 1.29. The van der Waals surface area contributed by atoms with Gasteiger partial charge >= 0.3 is 0 Å². The molecule has 0 unspecified atom stereocenters. The van der Waals surface area contributed by atoms with Crippen molar-refractivity contribution >= 4 is 54.5 Å². The molecule has 1 rings (SSSR count). The van der Waals surface area contributed by atoms with E-state index in [1.165, 1.54) is 16.7 Å². The lowest BCUT2D eigenvalue weighted by atomic mass is 10.1. The number of hydrogen-bond acceptors (Lipinski definition) is 0. The van der Waals surface area contributed by atoms with Crippen LogP contribution in [0.5, 0.6) is 0 Å². The van der Waals surface area contributed by atoms with E-state index in [4.69, 9.17) is 0 Å². The van der Waals surface area contributed by atoms with E-state index >= 15 is 0 Å². The zero-order valence-corrected chi connectivity index (χ0v) is 11.8. The van der Waals surface area contributed by atoms with Crippen LogP contribution in [0.2, 0.25) is 0 Å². The molecule has 0 radical (unpaired) electrons. The predicted octanol–water partition coefficient (Wildman–Crippen LogP) is 4.41. The molecule has 0 saturated carbocycles. The standard InChI is InChI=1S/C9H9Br2I/c10-4-7-1-8(5-11)3-9(2-7)6-12/h1-3H,4-6H2. The summed E-state index contributed by atoms with van der Waals surface area (Å²) in [5.41, 5.74) is 4.12. The fraction of sp³-hybridized carbons (Fsp3) is 0.333. The van der Waals surface area contributed by atoms with Gasteiger partial charge in [0.05, 0.1) is 0 Å². The maximum Gasteiger partial charge on any atom is 0.0283 e. The Bertz CT molecular complexity index is 205. The Morgan fingerprint density at radius 2 is 1.33 bits per heavy atom. The molecule has 0 fully saturated rings. The largest absolute Gasteiger partial charge is 0.0876 e. The molecule has 0 aliphatic heterocycles. The molecule has 0 atom stereocenters. The molecule has 0 aromatic heterocycles. The third-order valence-corrected chi connectivity index (χ3v) is 3.75. The summed E-state index contributed by atoms with van der Waals surface area (Å²) in [4.78, 5) is 0. The van der Waals surface area contributed by atoms with E-state index in [2.05, 4.69) is 72.6 Å². The lowest BCUT2D eigenvalue weighted by Gasteiger charge is -2.03. The van der Waals surface area contributed by atoms with Gasteiger partial charge in [-0.15, -0.1) is 0 Å². The normalized spacial score (nSPS) is 10.2. The van der Waals surface area contributed by atoms with Gasteiger partial charge in [0.1, 0.15) is 0 Å². The fourth-order valence-electron chi connectivity index (χ4n) is 1.07. The minimum absolute atomic E-state index is 0.942. The molecule has 0 heterocycles. The van der Waals surface area contributed by atoms with Crippen molar-refractivity contribution in [3.63, 3.8) is 0 Å². The van der Waals surface area contributed by atoms with Gasteiger partial charge in [0.15, 0.2) is 0 Å². The Kier molecular flexibility index (Phi) is 5.13. The van der Waals surface area contributed by atoms with E-state index in [1.54, 1.807) is 0 Å². The quantitative estimate of drug-likeness (QED) is 0.518. The molecule has 3 heteroatoms. The van der Waals surface area contributed by atoms with Gasteiger partial charge in [-0.2, -0.15) is 0 Å². The molecular weight excluding hydrogens is 395 g/mol. The number of halogens is 3. The molecule has 12 heavy (non-hydrogen) atoms. The Morgan fingerprint density at radius 1 is 0.917 bits per heavy atom.